The summed E-state index contributed by atoms with van der Waals surface area (Å²) in [6.07, 6.45) is 4.38. The van der Waals surface area contributed by atoms with Crippen molar-refractivity contribution in [3.63, 3.8) is 0 Å². The van der Waals surface area contributed by atoms with E-state index in [4.69, 9.17) is 10.2 Å². The average Bonchev–Trinajstić information content (AvgIpc) is 2.73. The number of nitrogens with two attached hydrogens (primary N) is 1. The molecular formula is C13H16N2O. The molecule has 0 atom stereocenters. The van der Waals surface area contributed by atoms with Gasteiger partial charge in [-0.05, 0) is 37.8 Å². The smallest absolute Gasteiger partial charge is 0.198 e. The first-order chi connectivity index (χ1) is 7.83. The standard InChI is InChI=1S/C13H16N2O/c14-10-7-5-9(6-8-10)13-15-11-3-1-2-4-12(11)16-13/h1-4,9-10H,5-8,14H2/t9-,10-. The van der Waals surface area contributed by atoms with Crippen LogP contribution in [0, 0.1) is 0 Å². The molecule has 3 nitrogen and oxygen atoms in total. The maximum absolute atomic E-state index is 5.90. The van der Waals surface area contributed by atoms with Crippen molar-refractivity contribution in [3.8, 4) is 0 Å². The van der Waals surface area contributed by atoms with Gasteiger partial charge in [0.2, 0.25) is 0 Å². The molecule has 84 valence electrons. The SMILES string of the molecule is N[C@H]1CC[C@H](c2nc3ccccc3o2)CC1. The number of nitrogens with zero attached hydrogens (tertiary/aromatic N) is 1. The van der Waals surface area contributed by atoms with Gasteiger partial charge in [0.25, 0.3) is 0 Å². The molecule has 0 saturated heterocycles. The quantitative estimate of drug-likeness (QED) is 0.797. The lowest BCUT2D eigenvalue weighted by atomic mass is 9.86. The van der Waals surface area contributed by atoms with E-state index >= 15 is 0 Å². The van der Waals surface area contributed by atoms with Crippen LogP contribution in [0.4, 0.5) is 0 Å². The van der Waals surface area contributed by atoms with Gasteiger partial charge in [-0.1, -0.05) is 12.1 Å². The van der Waals surface area contributed by atoms with Crippen LogP contribution in [0.5, 0.6) is 0 Å². The molecular weight excluding hydrogens is 200 g/mol. The van der Waals surface area contributed by atoms with Gasteiger partial charge < -0.3 is 10.2 Å². The van der Waals surface area contributed by atoms with Crippen molar-refractivity contribution in [1.29, 1.82) is 0 Å². The molecule has 0 spiro atoms. The van der Waals surface area contributed by atoms with Crippen LogP contribution in [-0.4, -0.2) is 11.0 Å². The third-order valence-corrected chi connectivity index (χ3v) is 3.43. The molecule has 2 aromatic rings. The van der Waals surface area contributed by atoms with Crippen molar-refractivity contribution in [3.05, 3.63) is 30.2 Å². The van der Waals surface area contributed by atoms with Gasteiger partial charge in [0.15, 0.2) is 11.5 Å². The van der Waals surface area contributed by atoms with Crippen LogP contribution in [0.1, 0.15) is 37.5 Å². The van der Waals surface area contributed by atoms with E-state index in [0.29, 0.717) is 12.0 Å². The number of para-hydroxylation sites is 2. The number of hydrogen-bond donors (Lipinski definition) is 1. The second-order valence-electron chi connectivity index (χ2n) is 4.63. The van der Waals surface area contributed by atoms with E-state index in [1.807, 2.05) is 24.3 Å². The van der Waals surface area contributed by atoms with Gasteiger partial charge in [0.1, 0.15) is 5.52 Å². The van der Waals surface area contributed by atoms with Gasteiger partial charge in [-0.25, -0.2) is 4.98 Å². The van der Waals surface area contributed by atoms with Crippen LogP contribution >= 0.6 is 0 Å². The van der Waals surface area contributed by atoms with Crippen LogP contribution in [0.2, 0.25) is 0 Å². The fourth-order valence-corrected chi connectivity index (χ4v) is 2.43. The van der Waals surface area contributed by atoms with E-state index < -0.39 is 0 Å². The summed E-state index contributed by atoms with van der Waals surface area (Å²) in [7, 11) is 0. The van der Waals surface area contributed by atoms with Gasteiger partial charge in [-0.3, -0.25) is 0 Å². The van der Waals surface area contributed by atoms with E-state index in [2.05, 4.69) is 4.98 Å². The fourth-order valence-electron chi connectivity index (χ4n) is 2.43. The highest BCUT2D eigenvalue weighted by Crippen LogP contribution is 2.33. The average molecular weight is 216 g/mol. The van der Waals surface area contributed by atoms with E-state index in [-0.39, 0.29) is 0 Å². The highest BCUT2D eigenvalue weighted by Gasteiger charge is 2.23. The molecule has 1 saturated carbocycles. The minimum absolute atomic E-state index is 0.376. The molecule has 1 fully saturated rings. The maximum atomic E-state index is 5.90. The van der Waals surface area contributed by atoms with E-state index in [0.717, 1.165) is 42.7 Å². The summed E-state index contributed by atoms with van der Waals surface area (Å²) in [5.74, 6) is 1.36. The van der Waals surface area contributed by atoms with Crippen LogP contribution < -0.4 is 5.73 Å². The van der Waals surface area contributed by atoms with Crippen molar-refractivity contribution in [2.75, 3.05) is 0 Å². The Morgan fingerprint density at radius 1 is 1.12 bits per heavy atom. The molecule has 3 rings (SSSR count). The zero-order valence-corrected chi connectivity index (χ0v) is 9.23. The molecule has 1 aliphatic carbocycles. The molecule has 2 N–H and O–H groups in total. The Morgan fingerprint density at radius 3 is 2.62 bits per heavy atom. The van der Waals surface area contributed by atoms with Crippen molar-refractivity contribution in [1.82, 2.24) is 4.98 Å². The summed E-state index contributed by atoms with van der Waals surface area (Å²) in [6.45, 7) is 0. The van der Waals surface area contributed by atoms with Crippen molar-refractivity contribution < 1.29 is 4.42 Å². The lowest BCUT2D eigenvalue weighted by Crippen LogP contribution is -2.25. The number of aromatic nitrogens is 1. The predicted octanol–water partition coefficient (Wildman–Crippen LogP) is 2.81. The van der Waals surface area contributed by atoms with Crippen molar-refractivity contribution in [2.45, 2.75) is 37.6 Å². The van der Waals surface area contributed by atoms with Crippen LogP contribution in [0.15, 0.2) is 28.7 Å². The molecule has 3 heteroatoms. The number of hydrogen-bond acceptors (Lipinski definition) is 3. The Kier molecular flexibility index (Phi) is 2.40. The number of benzene rings is 1. The van der Waals surface area contributed by atoms with E-state index in [1.165, 1.54) is 0 Å². The van der Waals surface area contributed by atoms with Gasteiger partial charge in [-0.15, -0.1) is 0 Å². The molecule has 1 heterocycles. The number of rotatable bonds is 1. The Bertz CT molecular complexity index is 450. The number of oxazole rings is 1. The molecule has 0 aliphatic heterocycles. The molecule has 0 radical (unpaired) electrons. The summed E-state index contributed by atoms with van der Waals surface area (Å²) in [5.41, 5.74) is 7.76. The second kappa shape index (κ2) is 3.91. The van der Waals surface area contributed by atoms with Crippen LogP contribution in [0.3, 0.4) is 0 Å². The lowest BCUT2D eigenvalue weighted by Gasteiger charge is -2.23. The summed E-state index contributed by atoms with van der Waals surface area (Å²) >= 11 is 0. The minimum Gasteiger partial charge on any atom is -0.440 e. The van der Waals surface area contributed by atoms with E-state index in [1.54, 1.807) is 0 Å². The highest BCUT2D eigenvalue weighted by molar-refractivity contribution is 5.72. The molecule has 0 unspecified atom stereocenters. The summed E-state index contributed by atoms with van der Waals surface area (Å²) in [5, 5.41) is 0. The predicted molar refractivity (Wildman–Crippen MR) is 63.2 cm³/mol. The van der Waals surface area contributed by atoms with Crippen LogP contribution in [0.25, 0.3) is 11.1 Å². The fraction of sp³-hybridized carbons (Fsp3) is 0.462. The zero-order chi connectivity index (χ0) is 11.0. The topological polar surface area (TPSA) is 52.0 Å². The van der Waals surface area contributed by atoms with Gasteiger partial charge in [0, 0.05) is 12.0 Å². The van der Waals surface area contributed by atoms with Gasteiger partial charge in [-0.2, -0.15) is 0 Å². The maximum Gasteiger partial charge on any atom is 0.198 e. The minimum atomic E-state index is 0.376. The Morgan fingerprint density at radius 2 is 1.88 bits per heavy atom. The molecule has 0 amide bonds. The molecule has 16 heavy (non-hydrogen) atoms. The monoisotopic (exact) mass is 216 g/mol. The second-order valence-corrected chi connectivity index (χ2v) is 4.63. The van der Waals surface area contributed by atoms with E-state index in [9.17, 15) is 0 Å². The molecule has 1 aliphatic rings. The van der Waals surface area contributed by atoms with Crippen LogP contribution in [-0.2, 0) is 0 Å². The third-order valence-electron chi connectivity index (χ3n) is 3.43. The Hall–Kier alpha value is -1.35. The first-order valence-corrected chi connectivity index (χ1v) is 5.94. The normalized spacial score (nSPS) is 26.1. The van der Waals surface area contributed by atoms with Gasteiger partial charge in [0.05, 0.1) is 0 Å². The summed E-state index contributed by atoms with van der Waals surface area (Å²) in [6, 6.07) is 8.32. The first-order valence-electron chi connectivity index (χ1n) is 5.94. The highest BCUT2D eigenvalue weighted by atomic mass is 16.3. The largest absolute Gasteiger partial charge is 0.440 e. The molecule has 0 bridgehead atoms. The number of fused-ring (bicyclic) bond motifs is 1. The third kappa shape index (κ3) is 1.71. The lowest BCUT2D eigenvalue weighted by molar-refractivity contribution is 0.346. The van der Waals surface area contributed by atoms with Crippen molar-refractivity contribution >= 4 is 11.1 Å². The Balaban J connectivity index is 1.88. The Labute approximate surface area is 94.7 Å². The van der Waals surface area contributed by atoms with Crippen molar-refractivity contribution in [2.24, 2.45) is 5.73 Å². The summed E-state index contributed by atoms with van der Waals surface area (Å²) in [4.78, 5) is 4.55. The summed E-state index contributed by atoms with van der Waals surface area (Å²) < 4.78 is 5.79. The first kappa shape index (κ1) is 9.85. The van der Waals surface area contributed by atoms with Gasteiger partial charge >= 0.3 is 0 Å². The molecule has 1 aromatic heterocycles. The molecule has 1 aromatic carbocycles. The zero-order valence-electron chi connectivity index (χ0n) is 9.23.